The molecule has 0 saturated heterocycles. The number of aromatic nitrogens is 1. The molecule has 10 rings (SSSR count). The van der Waals surface area contributed by atoms with Gasteiger partial charge in [-0.1, -0.05) is 72.8 Å². The minimum absolute atomic E-state index is 1.21. The third kappa shape index (κ3) is 2.54. The number of para-hydroxylation sites is 3. The first kappa shape index (κ1) is 21.2. The third-order valence-corrected chi connectivity index (χ3v) is 10.8. The van der Waals surface area contributed by atoms with E-state index in [1.807, 2.05) is 22.7 Å². The molecule has 0 amide bonds. The molecule has 0 bridgehead atoms. The molecule has 0 fully saturated rings. The van der Waals surface area contributed by atoms with E-state index in [-0.39, 0.29) is 0 Å². The van der Waals surface area contributed by atoms with Gasteiger partial charge < -0.3 is 9.47 Å². The molecule has 9 aromatic rings. The first-order valence-electron chi connectivity index (χ1n) is 13.5. The zero-order valence-corrected chi connectivity index (χ0v) is 22.9. The number of anilines is 3. The van der Waals surface area contributed by atoms with E-state index in [1.54, 1.807) is 0 Å². The largest absolute Gasteiger partial charge is 0.305 e. The second kappa shape index (κ2) is 7.51. The Kier molecular flexibility index (Phi) is 3.98. The average molecular weight is 545 g/mol. The Hall–Kier alpha value is -4.64. The van der Waals surface area contributed by atoms with Crippen molar-refractivity contribution in [2.24, 2.45) is 0 Å². The average Bonchev–Trinajstić information content (AvgIpc) is 3.68. The first-order chi connectivity index (χ1) is 19.9. The molecular formula is C36H20N2S2. The van der Waals surface area contributed by atoms with Crippen LogP contribution in [0.2, 0.25) is 0 Å². The van der Waals surface area contributed by atoms with Crippen LogP contribution in [0.1, 0.15) is 0 Å². The van der Waals surface area contributed by atoms with Gasteiger partial charge in [0.1, 0.15) is 0 Å². The second-order valence-corrected chi connectivity index (χ2v) is 12.7. The Morgan fingerprint density at radius 2 is 1.05 bits per heavy atom. The maximum atomic E-state index is 2.50. The first-order valence-corrected chi connectivity index (χ1v) is 15.2. The highest BCUT2D eigenvalue weighted by Crippen LogP contribution is 2.53. The number of hydrogen-bond acceptors (Lipinski definition) is 3. The minimum atomic E-state index is 1.21. The molecule has 4 heterocycles. The summed E-state index contributed by atoms with van der Waals surface area (Å²) in [4.78, 5) is 2.50. The molecular weight excluding hydrogens is 525 g/mol. The second-order valence-electron chi connectivity index (χ2n) is 10.5. The lowest BCUT2D eigenvalue weighted by Gasteiger charge is -2.33. The summed E-state index contributed by atoms with van der Waals surface area (Å²) in [5, 5.41) is 8.02. The van der Waals surface area contributed by atoms with Gasteiger partial charge in [0, 0.05) is 46.4 Å². The number of fused-ring (bicyclic) bond motifs is 12. The molecule has 4 heteroatoms. The highest BCUT2D eigenvalue weighted by molar-refractivity contribution is 7.26. The van der Waals surface area contributed by atoms with E-state index in [2.05, 4.69) is 131 Å². The summed E-state index contributed by atoms with van der Waals surface area (Å²) < 4.78 is 7.84. The van der Waals surface area contributed by atoms with E-state index in [9.17, 15) is 0 Å². The van der Waals surface area contributed by atoms with Gasteiger partial charge in [0.2, 0.25) is 0 Å². The predicted molar refractivity (Wildman–Crippen MR) is 175 cm³/mol. The van der Waals surface area contributed by atoms with Crippen molar-refractivity contribution in [3.05, 3.63) is 121 Å². The fourth-order valence-corrected chi connectivity index (χ4v) is 9.24. The lowest BCUT2D eigenvalue weighted by molar-refractivity contribution is 1.12. The highest BCUT2D eigenvalue weighted by atomic mass is 32.1. The number of thiophene rings is 2. The summed E-state index contributed by atoms with van der Waals surface area (Å²) >= 11 is 3.78. The Balaban J connectivity index is 1.39. The van der Waals surface area contributed by atoms with Crippen LogP contribution in [-0.2, 0) is 0 Å². The summed E-state index contributed by atoms with van der Waals surface area (Å²) in [7, 11) is 0. The molecule has 0 saturated carbocycles. The van der Waals surface area contributed by atoms with Crippen LogP contribution >= 0.6 is 22.7 Å². The number of rotatable bonds is 1. The van der Waals surface area contributed by atoms with Crippen LogP contribution in [0.3, 0.4) is 0 Å². The Morgan fingerprint density at radius 3 is 1.93 bits per heavy atom. The predicted octanol–water partition coefficient (Wildman–Crippen LogP) is 11.3. The maximum Gasteiger partial charge on any atom is 0.0783 e. The molecule has 6 aromatic carbocycles. The fourth-order valence-electron chi connectivity index (χ4n) is 6.92. The van der Waals surface area contributed by atoms with Gasteiger partial charge in [0.25, 0.3) is 0 Å². The van der Waals surface area contributed by atoms with Crippen LogP contribution in [-0.4, -0.2) is 4.57 Å². The van der Waals surface area contributed by atoms with Crippen LogP contribution in [0.25, 0.3) is 67.8 Å². The molecule has 0 N–H and O–H groups in total. The molecule has 0 spiro atoms. The van der Waals surface area contributed by atoms with Crippen LogP contribution in [0, 0.1) is 0 Å². The van der Waals surface area contributed by atoms with Crippen LogP contribution in [0.5, 0.6) is 0 Å². The van der Waals surface area contributed by atoms with Crippen molar-refractivity contribution in [1.82, 2.24) is 4.57 Å². The third-order valence-electron chi connectivity index (χ3n) is 8.50. The van der Waals surface area contributed by atoms with Gasteiger partial charge in [0.05, 0.1) is 38.5 Å². The topological polar surface area (TPSA) is 8.17 Å². The summed E-state index contributed by atoms with van der Waals surface area (Å²) in [5.74, 6) is 0. The van der Waals surface area contributed by atoms with Gasteiger partial charge in [-0.3, -0.25) is 0 Å². The van der Waals surface area contributed by atoms with Gasteiger partial charge >= 0.3 is 0 Å². The fraction of sp³-hybridized carbons (Fsp3) is 0. The van der Waals surface area contributed by atoms with E-state index in [0.717, 1.165) is 0 Å². The van der Waals surface area contributed by atoms with Crippen molar-refractivity contribution in [2.75, 3.05) is 4.90 Å². The molecule has 1 aliphatic rings. The molecule has 0 radical (unpaired) electrons. The molecule has 40 heavy (non-hydrogen) atoms. The normalized spacial score (nSPS) is 12.9. The number of hydrogen-bond donors (Lipinski definition) is 0. The molecule has 0 aliphatic carbocycles. The van der Waals surface area contributed by atoms with Crippen LogP contribution in [0.4, 0.5) is 17.1 Å². The van der Waals surface area contributed by atoms with Gasteiger partial charge in [-0.25, -0.2) is 0 Å². The summed E-state index contributed by atoms with van der Waals surface area (Å²) in [6, 6.07) is 44.8. The van der Waals surface area contributed by atoms with Crippen molar-refractivity contribution < 1.29 is 0 Å². The number of benzene rings is 6. The van der Waals surface area contributed by atoms with Crippen LogP contribution in [0.15, 0.2) is 121 Å². The standard InChI is InChI=1S/C36H20N2S2/c1-5-17-30-21(9-1)22-11-7-16-29(36(22)40-30)37-25-13-3-4-14-26(25)38-27-19-20-32-34(23-10-2-6-18-31(23)39-32)33(27)24-12-8-15-28(37)35(24)38/h1-20H. The molecule has 1 aliphatic heterocycles. The summed E-state index contributed by atoms with van der Waals surface area (Å²) in [5.41, 5.74) is 7.44. The maximum absolute atomic E-state index is 2.50. The lowest BCUT2D eigenvalue weighted by Crippen LogP contribution is -2.18. The Bertz CT molecular complexity index is 2510. The van der Waals surface area contributed by atoms with E-state index in [1.165, 1.54) is 84.9 Å². The van der Waals surface area contributed by atoms with Gasteiger partial charge in [-0.2, -0.15) is 0 Å². The van der Waals surface area contributed by atoms with Crippen molar-refractivity contribution in [1.29, 1.82) is 0 Å². The molecule has 0 atom stereocenters. The van der Waals surface area contributed by atoms with E-state index in [4.69, 9.17) is 0 Å². The van der Waals surface area contributed by atoms with Gasteiger partial charge in [-0.05, 0) is 48.5 Å². The molecule has 2 nitrogen and oxygen atoms in total. The zero-order chi connectivity index (χ0) is 25.9. The SMILES string of the molecule is c1ccc2c(c1)N(c1cccc3c1sc1ccccc13)c1cccc3c4c5c(ccc4n-2c13)sc1ccccc15. The zero-order valence-electron chi connectivity index (χ0n) is 21.3. The minimum Gasteiger partial charge on any atom is -0.305 e. The Labute approximate surface area is 237 Å². The molecule has 3 aromatic heterocycles. The van der Waals surface area contributed by atoms with Gasteiger partial charge in [0.15, 0.2) is 0 Å². The van der Waals surface area contributed by atoms with Crippen LogP contribution < -0.4 is 4.90 Å². The smallest absolute Gasteiger partial charge is 0.0783 e. The monoisotopic (exact) mass is 544 g/mol. The van der Waals surface area contributed by atoms with E-state index in [0.29, 0.717) is 0 Å². The molecule has 186 valence electrons. The lowest BCUT2D eigenvalue weighted by atomic mass is 10.0. The quantitative estimate of drug-likeness (QED) is 0.199. The van der Waals surface area contributed by atoms with E-state index < -0.39 is 0 Å². The molecule has 0 unspecified atom stereocenters. The summed E-state index contributed by atoms with van der Waals surface area (Å²) in [6.07, 6.45) is 0. The Morgan fingerprint density at radius 1 is 0.400 bits per heavy atom. The van der Waals surface area contributed by atoms with Gasteiger partial charge in [-0.15, -0.1) is 22.7 Å². The number of nitrogens with zero attached hydrogens (tertiary/aromatic N) is 2. The highest BCUT2D eigenvalue weighted by Gasteiger charge is 2.30. The van der Waals surface area contributed by atoms with Crippen molar-refractivity contribution in [3.63, 3.8) is 0 Å². The van der Waals surface area contributed by atoms with Crippen molar-refractivity contribution in [3.8, 4) is 5.69 Å². The summed E-state index contributed by atoms with van der Waals surface area (Å²) in [6.45, 7) is 0. The van der Waals surface area contributed by atoms with Crippen molar-refractivity contribution in [2.45, 2.75) is 0 Å². The van der Waals surface area contributed by atoms with Crippen molar-refractivity contribution >= 4 is 102 Å². The van der Waals surface area contributed by atoms with E-state index >= 15 is 0 Å².